The first kappa shape index (κ1) is 12.5. The normalized spacial score (nSPS) is 12.8. The van der Waals surface area contributed by atoms with E-state index in [0.29, 0.717) is 0 Å². The molecule has 0 spiro atoms. The summed E-state index contributed by atoms with van der Waals surface area (Å²) in [6.07, 6.45) is 3.83. The van der Waals surface area contributed by atoms with Crippen LogP contribution >= 0.6 is 11.6 Å². The lowest BCUT2D eigenvalue weighted by Gasteiger charge is -2.09. The van der Waals surface area contributed by atoms with Crippen LogP contribution in [-0.4, -0.2) is 6.04 Å². The topological polar surface area (TPSA) is 26.0 Å². The van der Waals surface area contributed by atoms with Gasteiger partial charge < -0.3 is 5.73 Å². The minimum atomic E-state index is -0.349. The van der Waals surface area contributed by atoms with Gasteiger partial charge in [-0.1, -0.05) is 31.0 Å². The van der Waals surface area contributed by atoms with Crippen molar-refractivity contribution in [2.45, 2.75) is 38.6 Å². The SMILES string of the molecule is CCCC(N)CCc1ccc(Cl)c(F)c1. The smallest absolute Gasteiger partial charge is 0.142 e. The van der Waals surface area contributed by atoms with Gasteiger partial charge in [0, 0.05) is 6.04 Å². The molecule has 0 fully saturated rings. The van der Waals surface area contributed by atoms with Crippen LogP contribution in [-0.2, 0) is 6.42 Å². The summed E-state index contributed by atoms with van der Waals surface area (Å²) < 4.78 is 13.1. The minimum Gasteiger partial charge on any atom is -0.328 e. The van der Waals surface area contributed by atoms with E-state index in [1.165, 1.54) is 6.07 Å². The molecule has 1 atom stereocenters. The molecule has 0 saturated carbocycles. The molecule has 0 heterocycles. The maximum atomic E-state index is 13.1. The lowest BCUT2D eigenvalue weighted by molar-refractivity contribution is 0.559. The predicted octanol–water partition coefficient (Wildman–Crippen LogP) is 3.54. The lowest BCUT2D eigenvalue weighted by Crippen LogP contribution is -2.20. The number of rotatable bonds is 5. The Kier molecular flexibility index (Phi) is 5.06. The van der Waals surface area contributed by atoms with Crippen molar-refractivity contribution in [1.29, 1.82) is 0 Å². The highest BCUT2D eigenvalue weighted by Crippen LogP contribution is 2.17. The number of halogens is 2. The first-order valence-corrected chi connectivity index (χ1v) is 5.70. The van der Waals surface area contributed by atoms with Gasteiger partial charge in [0.25, 0.3) is 0 Å². The molecule has 84 valence electrons. The van der Waals surface area contributed by atoms with Crippen molar-refractivity contribution in [3.63, 3.8) is 0 Å². The maximum absolute atomic E-state index is 13.1. The molecule has 15 heavy (non-hydrogen) atoms. The van der Waals surface area contributed by atoms with E-state index in [2.05, 4.69) is 6.92 Å². The Hall–Kier alpha value is -0.600. The van der Waals surface area contributed by atoms with E-state index in [9.17, 15) is 4.39 Å². The predicted molar refractivity (Wildman–Crippen MR) is 62.6 cm³/mol. The fraction of sp³-hybridized carbons (Fsp3) is 0.500. The third-order valence-corrected chi connectivity index (χ3v) is 2.75. The van der Waals surface area contributed by atoms with Gasteiger partial charge >= 0.3 is 0 Å². The van der Waals surface area contributed by atoms with Crippen molar-refractivity contribution < 1.29 is 4.39 Å². The molecule has 1 aromatic rings. The highest BCUT2D eigenvalue weighted by Gasteiger charge is 2.04. The van der Waals surface area contributed by atoms with Gasteiger partial charge in [0.2, 0.25) is 0 Å². The van der Waals surface area contributed by atoms with E-state index in [1.807, 2.05) is 6.07 Å². The zero-order chi connectivity index (χ0) is 11.3. The second-order valence-corrected chi connectivity index (χ2v) is 4.24. The average molecular weight is 230 g/mol. The Bertz CT molecular complexity index is 314. The first-order valence-electron chi connectivity index (χ1n) is 5.33. The molecular weight excluding hydrogens is 213 g/mol. The Morgan fingerprint density at radius 3 is 2.73 bits per heavy atom. The van der Waals surface area contributed by atoms with Crippen molar-refractivity contribution in [3.8, 4) is 0 Å². The van der Waals surface area contributed by atoms with E-state index < -0.39 is 0 Å². The second-order valence-electron chi connectivity index (χ2n) is 3.84. The van der Waals surface area contributed by atoms with Gasteiger partial charge in [0.05, 0.1) is 5.02 Å². The highest BCUT2D eigenvalue weighted by atomic mass is 35.5. The van der Waals surface area contributed by atoms with Crippen molar-refractivity contribution in [1.82, 2.24) is 0 Å². The Balaban J connectivity index is 2.47. The van der Waals surface area contributed by atoms with E-state index in [0.717, 1.165) is 31.2 Å². The van der Waals surface area contributed by atoms with Crippen LogP contribution < -0.4 is 5.73 Å². The van der Waals surface area contributed by atoms with Crippen LogP contribution in [0, 0.1) is 5.82 Å². The number of benzene rings is 1. The third kappa shape index (κ3) is 4.18. The number of hydrogen-bond acceptors (Lipinski definition) is 1. The summed E-state index contributed by atoms with van der Waals surface area (Å²) in [5.41, 5.74) is 6.84. The summed E-state index contributed by atoms with van der Waals surface area (Å²) in [4.78, 5) is 0. The Labute approximate surface area is 95.4 Å². The minimum absolute atomic E-state index is 0.177. The molecule has 0 aliphatic heterocycles. The van der Waals surface area contributed by atoms with Crippen LogP contribution in [0.3, 0.4) is 0 Å². The summed E-state index contributed by atoms with van der Waals surface area (Å²) in [6.45, 7) is 2.11. The summed E-state index contributed by atoms with van der Waals surface area (Å²) in [6, 6.07) is 5.15. The van der Waals surface area contributed by atoms with Gasteiger partial charge in [-0.3, -0.25) is 0 Å². The van der Waals surface area contributed by atoms with Gasteiger partial charge in [-0.05, 0) is 37.0 Å². The monoisotopic (exact) mass is 229 g/mol. The zero-order valence-corrected chi connectivity index (χ0v) is 9.73. The summed E-state index contributed by atoms with van der Waals surface area (Å²) >= 11 is 5.59. The number of hydrogen-bond donors (Lipinski definition) is 1. The van der Waals surface area contributed by atoms with Crippen molar-refractivity contribution in [3.05, 3.63) is 34.6 Å². The fourth-order valence-corrected chi connectivity index (χ4v) is 1.68. The van der Waals surface area contributed by atoms with Crippen LogP contribution in [0.1, 0.15) is 31.7 Å². The lowest BCUT2D eigenvalue weighted by atomic mass is 10.0. The molecule has 1 rings (SSSR count). The van der Waals surface area contributed by atoms with Crippen molar-refractivity contribution in [2.24, 2.45) is 5.73 Å². The van der Waals surface area contributed by atoms with E-state index in [1.54, 1.807) is 6.07 Å². The molecule has 0 aromatic heterocycles. The molecule has 0 aliphatic rings. The molecular formula is C12H17ClFN. The van der Waals surface area contributed by atoms with E-state index in [4.69, 9.17) is 17.3 Å². The highest BCUT2D eigenvalue weighted by molar-refractivity contribution is 6.30. The van der Waals surface area contributed by atoms with Crippen molar-refractivity contribution >= 4 is 11.6 Å². The van der Waals surface area contributed by atoms with Gasteiger partial charge in [0.1, 0.15) is 5.82 Å². The summed E-state index contributed by atoms with van der Waals surface area (Å²) in [5.74, 6) is -0.349. The zero-order valence-electron chi connectivity index (χ0n) is 8.97. The molecule has 0 aliphatic carbocycles. The van der Waals surface area contributed by atoms with Crippen LogP contribution in [0.5, 0.6) is 0 Å². The fourth-order valence-electron chi connectivity index (χ4n) is 1.56. The van der Waals surface area contributed by atoms with Gasteiger partial charge in [-0.15, -0.1) is 0 Å². The molecule has 1 nitrogen and oxygen atoms in total. The van der Waals surface area contributed by atoms with E-state index >= 15 is 0 Å². The quantitative estimate of drug-likeness (QED) is 0.821. The number of nitrogens with two attached hydrogens (primary N) is 1. The molecule has 0 amide bonds. The molecule has 1 unspecified atom stereocenters. The average Bonchev–Trinajstić information content (AvgIpc) is 2.20. The summed E-state index contributed by atoms with van der Waals surface area (Å²) in [7, 11) is 0. The molecule has 0 saturated heterocycles. The Morgan fingerprint density at radius 2 is 2.13 bits per heavy atom. The molecule has 0 bridgehead atoms. The largest absolute Gasteiger partial charge is 0.328 e. The first-order chi connectivity index (χ1) is 7.13. The van der Waals surface area contributed by atoms with E-state index in [-0.39, 0.29) is 16.9 Å². The standard InChI is InChI=1S/C12H17ClFN/c1-2-3-10(15)6-4-9-5-7-11(13)12(14)8-9/h5,7-8,10H,2-4,6,15H2,1H3. The number of aryl methyl sites for hydroxylation is 1. The van der Waals surface area contributed by atoms with Crippen LogP contribution in [0.25, 0.3) is 0 Å². The van der Waals surface area contributed by atoms with Crippen LogP contribution in [0.2, 0.25) is 5.02 Å². The maximum Gasteiger partial charge on any atom is 0.142 e. The molecule has 1 aromatic carbocycles. The van der Waals surface area contributed by atoms with Gasteiger partial charge in [0.15, 0.2) is 0 Å². The van der Waals surface area contributed by atoms with Crippen LogP contribution in [0.4, 0.5) is 4.39 Å². The second kappa shape index (κ2) is 6.09. The van der Waals surface area contributed by atoms with Gasteiger partial charge in [-0.2, -0.15) is 0 Å². The summed E-state index contributed by atoms with van der Waals surface area (Å²) in [5, 5.41) is 0.177. The van der Waals surface area contributed by atoms with Crippen LogP contribution in [0.15, 0.2) is 18.2 Å². The Morgan fingerprint density at radius 1 is 1.40 bits per heavy atom. The molecule has 3 heteroatoms. The molecule has 0 radical (unpaired) electrons. The molecule has 2 N–H and O–H groups in total. The van der Waals surface area contributed by atoms with Gasteiger partial charge in [-0.25, -0.2) is 4.39 Å². The van der Waals surface area contributed by atoms with Crippen molar-refractivity contribution in [2.75, 3.05) is 0 Å². The third-order valence-electron chi connectivity index (χ3n) is 2.45.